The highest BCUT2D eigenvalue weighted by Gasteiger charge is 2.26. The van der Waals surface area contributed by atoms with Gasteiger partial charge in [0.05, 0.1) is 21.2 Å². The Hall–Kier alpha value is -1.01. The molecule has 6 heteroatoms. The summed E-state index contributed by atoms with van der Waals surface area (Å²) in [7, 11) is -3.30. The fraction of sp³-hybridized carbons (Fsp3) is 0.417. The monoisotopic (exact) mass is 284 g/mol. The maximum Gasteiger partial charge on any atom is 0.177 e. The number of nitrogens with two attached hydrogens (primary N) is 1. The minimum Gasteiger partial charge on any atom is -0.398 e. The van der Waals surface area contributed by atoms with Crippen molar-refractivity contribution in [2.24, 2.45) is 4.99 Å². The minimum absolute atomic E-state index is 0.0906. The first-order valence-corrected chi connectivity index (χ1v) is 8.39. The number of benzene rings is 1. The van der Waals surface area contributed by atoms with Crippen molar-refractivity contribution in [3.05, 3.63) is 23.8 Å². The Kier molecular flexibility index (Phi) is 3.19. The first kappa shape index (κ1) is 13.4. The van der Waals surface area contributed by atoms with Crippen LogP contribution in [0.25, 0.3) is 0 Å². The topological polar surface area (TPSA) is 72.5 Å². The quantitative estimate of drug-likeness (QED) is 0.842. The maximum atomic E-state index is 11.6. The number of hydrogen-bond donors (Lipinski definition) is 1. The summed E-state index contributed by atoms with van der Waals surface area (Å²) in [5, 5.41) is 0.880. The van der Waals surface area contributed by atoms with Gasteiger partial charge in [0.15, 0.2) is 9.84 Å². The van der Waals surface area contributed by atoms with Gasteiger partial charge in [0, 0.05) is 17.6 Å². The Balaban J connectivity index is 2.50. The van der Waals surface area contributed by atoms with E-state index in [1.54, 1.807) is 23.9 Å². The second-order valence-corrected chi connectivity index (χ2v) is 7.99. The molecule has 0 bridgehead atoms. The van der Waals surface area contributed by atoms with Crippen molar-refractivity contribution < 1.29 is 8.42 Å². The van der Waals surface area contributed by atoms with Gasteiger partial charge in [0.1, 0.15) is 0 Å². The van der Waals surface area contributed by atoms with Crippen LogP contribution in [0.2, 0.25) is 0 Å². The summed E-state index contributed by atoms with van der Waals surface area (Å²) >= 11 is 1.64. The molecule has 0 radical (unpaired) electrons. The summed E-state index contributed by atoms with van der Waals surface area (Å²) in [6, 6.07) is 5.05. The normalized spacial score (nSPS) is 18.7. The van der Waals surface area contributed by atoms with Crippen molar-refractivity contribution in [2.45, 2.75) is 24.3 Å². The van der Waals surface area contributed by atoms with Crippen molar-refractivity contribution in [3.63, 3.8) is 0 Å². The molecule has 1 heterocycles. The fourth-order valence-electron chi connectivity index (χ4n) is 1.72. The van der Waals surface area contributed by atoms with E-state index >= 15 is 0 Å². The predicted molar refractivity (Wildman–Crippen MR) is 77.0 cm³/mol. The van der Waals surface area contributed by atoms with E-state index in [0.29, 0.717) is 0 Å². The second kappa shape index (κ2) is 4.28. The predicted octanol–water partition coefficient (Wildman–Crippen LogP) is 1.94. The molecule has 4 nitrogen and oxygen atoms in total. The number of aliphatic imine (C=N–C) groups is 1. The van der Waals surface area contributed by atoms with E-state index in [2.05, 4.69) is 18.8 Å². The third-order valence-electron chi connectivity index (χ3n) is 2.63. The summed E-state index contributed by atoms with van der Waals surface area (Å²) in [6.45, 7) is 4.11. The molecule has 1 aliphatic heterocycles. The van der Waals surface area contributed by atoms with Gasteiger partial charge in [0.25, 0.3) is 0 Å². The standard InChI is InChI=1S/C12H16N2O2S2/c1-12(2)7-17-11(14-12)8-4-5-9(13)10(6-8)18(3,15)16/h4-6H,7,13H2,1-3H3. The fourth-order valence-corrected chi connectivity index (χ4v) is 3.72. The van der Waals surface area contributed by atoms with E-state index in [4.69, 9.17) is 5.73 Å². The largest absolute Gasteiger partial charge is 0.398 e. The molecule has 0 atom stereocenters. The number of sulfone groups is 1. The van der Waals surface area contributed by atoms with Gasteiger partial charge in [0.2, 0.25) is 0 Å². The van der Waals surface area contributed by atoms with Crippen LogP contribution in [0, 0.1) is 0 Å². The lowest BCUT2D eigenvalue weighted by Crippen LogP contribution is -2.15. The lowest BCUT2D eigenvalue weighted by molar-refractivity contribution is 0.602. The average Bonchev–Trinajstić information content (AvgIpc) is 2.58. The summed E-state index contributed by atoms with van der Waals surface area (Å²) in [6.07, 6.45) is 1.16. The maximum absolute atomic E-state index is 11.6. The Morgan fingerprint density at radius 3 is 2.56 bits per heavy atom. The molecule has 0 aliphatic carbocycles. The summed E-state index contributed by atoms with van der Waals surface area (Å²) in [5.41, 5.74) is 6.71. The Morgan fingerprint density at radius 1 is 1.39 bits per heavy atom. The van der Waals surface area contributed by atoms with E-state index in [9.17, 15) is 8.42 Å². The molecule has 2 N–H and O–H groups in total. The number of hydrogen-bond acceptors (Lipinski definition) is 5. The van der Waals surface area contributed by atoms with Crippen LogP contribution >= 0.6 is 11.8 Å². The number of nitrogens with zero attached hydrogens (tertiary/aromatic N) is 1. The highest BCUT2D eigenvalue weighted by molar-refractivity contribution is 8.14. The molecule has 18 heavy (non-hydrogen) atoms. The molecule has 0 spiro atoms. The summed E-state index contributed by atoms with van der Waals surface area (Å²) in [5.74, 6) is 0.904. The molecule has 98 valence electrons. The van der Waals surface area contributed by atoms with E-state index in [1.807, 2.05) is 6.07 Å². The molecule has 0 aromatic heterocycles. The van der Waals surface area contributed by atoms with E-state index in [-0.39, 0.29) is 16.1 Å². The van der Waals surface area contributed by atoms with Crippen molar-refractivity contribution in [1.29, 1.82) is 0 Å². The molecule has 0 fully saturated rings. The zero-order valence-electron chi connectivity index (χ0n) is 10.6. The molecular weight excluding hydrogens is 268 g/mol. The minimum atomic E-state index is -3.30. The van der Waals surface area contributed by atoms with E-state index in [0.717, 1.165) is 22.6 Å². The average molecular weight is 284 g/mol. The Bertz CT molecular complexity index is 619. The van der Waals surface area contributed by atoms with Crippen LogP contribution < -0.4 is 5.73 Å². The van der Waals surface area contributed by atoms with Crippen molar-refractivity contribution >= 4 is 32.3 Å². The third kappa shape index (κ3) is 2.70. The molecule has 0 unspecified atom stereocenters. The number of thioether (sulfide) groups is 1. The van der Waals surface area contributed by atoms with Crippen LogP contribution in [0.3, 0.4) is 0 Å². The summed E-state index contributed by atoms with van der Waals surface area (Å²) < 4.78 is 23.2. The van der Waals surface area contributed by atoms with Crippen LogP contribution in [0.5, 0.6) is 0 Å². The number of anilines is 1. The highest BCUT2D eigenvalue weighted by atomic mass is 32.2. The zero-order chi connectivity index (χ0) is 13.6. The zero-order valence-corrected chi connectivity index (χ0v) is 12.2. The van der Waals surface area contributed by atoms with Crippen molar-refractivity contribution in [1.82, 2.24) is 0 Å². The Morgan fingerprint density at radius 2 is 2.06 bits per heavy atom. The van der Waals surface area contributed by atoms with Crippen molar-refractivity contribution in [3.8, 4) is 0 Å². The van der Waals surface area contributed by atoms with Gasteiger partial charge in [-0.05, 0) is 26.0 Å². The van der Waals surface area contributed by atoms with Gasteiger partial charge < -0.3 is 5.73 Å². The highest BCUT2D eigenvalue weighted by Crippen LogP contribution is 2.32. The third-order valence-corrected chi connectivity index (χ3v) is 5.23. The van der Waals surface area contributed by atoms with E-state index < -0.39 is 9.84 Å². The Labute approximate surface area is 112 Å². The van der Waals surface area contributed by atoms with Gasteiger partial charge in [-0.2, -0.15) is 0 Å². The van der Waals surface area contributed by atoms with Crippen molar-refractivity contribution in [2.75, 3.05) is 17.7 Å². The SMILES string of the molecule is CC1(C)CSC(c2ccc(N)c(S(C)(=O)=O)c2)=N1. The van der Waals surface area contributed by atoms with E-state index in [1.165, 1.54) is 0 Å². The van der Waals surface area contributed by atoms with Crippen LogP contribution in [0.4, 0.5) is 5.69 Å². The first-order valence-electron chi connectivity index (χ1n) is 5.52. The molecular formula is C12H16N2O2S2. The van der Waals surface area contributed by atoms with Gasteiger partial charge >= 0.3 is 0 Å². The molecule has 1 aromatic carbocycles. The van der Waals surface area contributed by atoms with Gasteiger partial charge in [-0.15, -0.1) is 11.8 Å². The lowest BCUT2D eigenvalue weighted by Gasteiger charge is -2.09. The molecule has 1 aliphatic rings. The molecule has 0 amide bonds. The lowest BCUT2D eigenvalue weighted by atomic mass is 10.1. The van der Waals surface area contributed by atoms with Crippen LogP contribution in [0.15, 0.2) is 28.1 Å². The van der Waals surface area contributed by atoms with Gasteiger partial charge in [-0.25, -0.2) is 8.42 Å². The number of rotatable bonds is 2. The summed E-state index contributed by atoms with van der Waals surface area (Å²) in [4.78, 5) is 4.76. The first-order chi connectivity index (χ1) is 8.19. The van der Waals surface area contributed by atoms with Crippen LogP contribution in [-0.2, 0) is 9.84 Å². The number of nitrogen functional groups attached to an aromatic ring is 1. The molecule has 2 rings (SSSR count). The smallest absolute Gasteiger partial charge is 0.177 e. The molecule has 0 saturated heterocycles. The second-order valence-electron chi connectivity index (χ2n) is 5.04. The molecule has 0 saturated carbocycles. The van der Waals surface area contributed by atoms with Crippen LogP contribution in [0.1, 0.15) is 19.4 Å². The van der Waals surface area contributed by atoms with Crippen LogP contribution in [-0.4, -0.2) is 31.0 Å². The van der Waals surface area contributed by atoms with Gasteiger partial charge in [-0.1, -0.05) is 6.07 Å². The molecule has 1 aromatic rings. The van der Waals surface area contributed by atoms with Gasteiger partial charge in [-0.3, -0.25) is 4.99 Å².